The van der Waals surface area contributed by atoms with E-state index in [4.69, 9.17) is 27.9 Å². The smallest absolute Gasteiger partial charge is 0.257 e. The van der Waals surface area contributed by atoms with Gasteiger partial charge in [0.25, 0.3) is 5.91 Å². The molecule has 0 aliphatic rings. The van der Waals surface area contributed by atoms with Gasteiger partial charge in [-0.15, -0.1) is 0 Å². The summed E-state index contributed by atoms with van der Waals surface area (Å²) in [4.78, 5) is 12.3. The topological polar surface area (TPSA) is 84.5 Å². The van der Waals surface area contributed by atoms with Crippen molar-refractivity contribution in [3.63, 3.8) is 0 Å². The van der Waals surface area contributed by atoms with Crippen molar-refractivity contribution in [3.05, 3.63) is 52.0 Å². The average molecular weight is 389 g/mol. The van der Waals surface area contributed by atoms with Gasteiger partial charge >= 0.3 is 0 Å². The molecule has 0 aromatic heterocycles. The zero-order chi connectivity index (χ0) is 17.9. The van der Waals surface area contributed by atoms with Crippen LogP contribution in [-0.2, 0) is 10.0 Å². The number of halogens is 2. The molecule has 6 nitrogen and oxygen atoms in total. The summed E-state index contributed by atoms with van der Waals surface area (Å²) in [6, 6.07) is 9.06. The van der Waals surface area contributed by atoms with Gasteiger partial charge in [0.05, 0.1) is 29.6 Å². The molecule has 0 fully saturated rings. The molecule has 2 aromatic rings. The first-order valence-electron chi connectivity index (χ1n) is 6.62. The lowest BCUT2D eigenvalue weighted by Crippen LogP contribution is -2.13. The van der Waals surface area contributed by atoms with E-state index in [9.17, 15) is 13.2 Å². The molecule has 9 heteroatoms. The predicted molar refractivity (Wildman–Crippen MR) is 95.9 cm³/mol. The highest BCUT2D eigenvalue weighted by atomic mass is 35.5. The maximum atomic E-state index is 12.3. The van der Waals surface area contributed by atoms with Gasteiger partial charge in [0.1, 0.15) is 5.75 Å². The first-order valence-corrected chi connectivity index (χ1v) is 9.26. The van der Waals surface area contributed by atoms with E-state index in [-0.39, 0.29) is 22.0 Å². The fraction of sp³-hybridized carbons (Fsp3) is 0.133. The fourth-order valence-corrected chi connectivity index (χ4v) is 2.87. The quantitative estimate of drug-likeness (QED) is 0.818. The molecule has 1 amide bonds. The second-order valence-corrected chi connectivity index (χ2v) is 7.46. The SMILES string of the molecule is COc1cc(NC(=O)c2cc(Cl)ccc2Cl)ccc1NS(C)(=O)=O. The maximum Gasteiger partial charge on any atom is 0.257 e. The van der Waals surface area contributed by atoms with Gasteiger partial charge in [-0.25, -0.2) is 8.42 Å². The number of hydrogen-bond donors (Lipinski definition) is 2. The van der Waals surface area contributed by atoms with Crippen LogP contribution in [0.1, 0.15) is 10.4 Å². The lowest BCUT2D eigenvalue weighted by Gasteiger charge is -2.12. The normalized spacial score (nSPS) is 11.0. The number of nitrogens with one attached hydrogen (secondary N) is 2. The van der Waals surface area contributed by atoms with Gasteiger partial charge in [-0.1, -0.05) is 23.2 Å². The Bertz CT molecular complexity index is 885. The summed E-state index contributed by atoms with van der Waals surface area (Å²) in [6.07, 6.45) is 1.03. The van der Waals surface area contributed by atoms with Crippen LogP contribution in [0.5, 0.6) is 5.75 Å². The molecule has 0 radical (unpaired) electrons. The van der Waals surface area contributed by atoms with Gasteiger partial charge in [-0.3, -0.25) is 9.52 Å². The molecule has 0 saturated carbocycles. The molecule has 0 unspecified atom stereocenters. The third-order valence-corrected chi connectivity index (χ3v) is 4.08. The van der Waals surface area contributed by atoms with E-state index in [0.29, 0.717) is 10.7 Å². The van der Waals surface area contributed by atoms with Crippen molar-refractivity contribution in [1.82, 2.24) is 0 Å². The molecule has 0 spiro atoms. The number of hydrogen-bond acceptors (Lipinski definition) is 4. The molecule has 0 atom stereocenters. The van der Waals surface area contributed by atoms with Crippen LogP contribution in [0.4, 0.5) is 11.4 Å². The molecule has 0 heterocycles. The summed E-state index contributed by atoms with van der Waals surface area (Å²) in [5.41, 5.74) is 0.896. The lowest BCUT2D eigenvalue weighted by atomic mass is 10.2. The molecular formula is C15H14Cl2N2O4S. The minimum absolute atomic E-state index is 0.224. The number of anilines is 2. The zero-order valence-corrected chi connectivity index (χ0v) is 15.1. The molecule has 2 N–H and O–H groups in total. The highest BCUT2D eigenvalue weighted by Crippen LogP contribution is 2.29. The van der Waals surface area contributed by atoms with E-state index < -0.39 is 15.9 Å². The zero-order valence-electron chi connectivity index (χ0n) is 12.8. The van der Waals surface area contributed by atoms with Gasteiger partial charge in [0, 0.05) is 16.8 Å². The molecule has 128 valence electrons. The van der Waals surface area contributed by atoms with E-state index in [2.05, 4.69) is 10.0 Å². The van der Waals surface area contributed by atoms with Crippen molar-refractivity contribution in [3.8, 4) is 5.75 Å². The Labute approximate surface area is 149 Å². The molecule has 2 aromatic carbocycles. The largest absolute Gasteiger partial charge is 0.494 e. The Hall–Kier alpha value is -1.96. The standard InChI is InChI=1S/C15H14Cl2N2O4S/c1-23-14-8-10(4-6-13(14)19-24(2,21)22)18-15(20)11-7-9(16)3-5-12(11)17/h3-8,19H,1-2H3,(H,18,20). The van der Waals surface area contributed by atoms with Crippen LogP contribution in [0.15, 0.2) is 36.4 Å². The number of methoxy groups -OCH3 is 1. The van der Waals surface area contributed by atoms with E-state index >= 15 is 0 Å². The van der Waals surface area contributed by atoms with E-state index in [1.165, 1.54) is 37.4 Å². The van der Waals surface area contributed by atoms with Gasteiger partial charge in [-0.05, 0) is 30.3 Å². The predicted octanol–water partition coefficient (Wildman–Crippen LogP) is 3.63. The van der Waals surface area contributed by atoms with Crippen molar-refractivity contribution < 1.29 is 17.9 Å². The van der Waals surface area contributed by atoms with Crippen molar-refractivity contribution in [2.45, 2.75) is 0 Å². The van der Waals surface area contributed by atoms with Crippen LogP contribution in [0.2, 0.25) is 10.0 Å². The highest BCUT2D eigenvalue weighted by molar-refractivity contribution is 7.92. The van der Waals surface area contributed by atoms with Gasteiger partial charge in [0.2, 0.25) is 10.0 Å². The third kappa shape index (κ3) is 4.77. The summed E-state index contributed by atoms with van der Waals surface area (Å²) >= 11 is 11.9. The number of rotatable bonds is 5. The number of ether oxygens (including phenoxy) is 1. The molecule has 0 bridgehead atoms. The number of amides is 1. The Kier molecular flexibility index (Phi) is 5.58. The van der Waals surface area contributed by atoms with E-state index in [1.54, 1.807) is 6.07 Å². The Morgan fingerprint density at radius 1 is 1.12 bits per heavy atom. The van der Waals surface area contributed by atoms with Crippen LogP contribution in [0.3, 0.4) is 0 Å². The minimum atomic E-state index is -3.45. The van der Waals surface area contributed by atoms with Crippen molar-refractivity contribution >= 4 is 50.5 Å². The second-order valence-electron chi connectivity index (χ2n) is 4.87. The van der Waals surface area contributed by atoms with Gasteiger partial charge in [-0.2, -0.15) is 0 Å². The van der Waals surface area contributed by atoms with Crippen LogP contribution in [0, 0.1) is 0 Å². The molecule has 0 aliphatic heterocycles. The number of carbonyl (C=O) groups is 1. The highest BCUT2D eigenvalue weighted by Gasteiger charge is 2.14. The second kappa shape index (κ2) is 7.29. The summed E-state index contributed by atoms with van der Waals surface area (Å²) in [5.74, 6) is -0.191. The van der Waals surface area contributed by atoms with Crippen LogP contribution in [0.25, 0.3) is 0 Å². The van der Waals surface area contributed by atoms with Gasteiger partial charge < -0.3 is 10.1 Å². The first-order chi connectivity index (χ1) is 11.2. The van der Waals surface area contributed by atoms with Crippen LogP contribution in [-0.4, -0.2) is 27.7 Å². The number of sulfonamides is 1. The summed E-state index contributed by atoms with van der Waals surface area (Å²) in [7, 11) is -2.06. The molecular weight excluding hydrogens is 375 g/mol. The van der Waals surface area contributed by atoms with Crippen molar-refractivity contribution in [2.24, 2.45) is 0 Å². The van der Waals surface area contributed by atoms with E-state index in [0.717, 1.165) is 6.26 Å². The maximum absolute atomic E-state index is 12.3. The van der Waals surface area contributed by atoms with Crippen molar-refractivity contribution in [1.29, 1.82) is 0 Å². The van der Waals surface area contributed by atoms with E-state index in [1.807, 2.05) is 0 Å². The molecule has 0 aliphatic carbocycles. The van der Waals surface area contributed by atoms with Crippen molar-refractivity contribution in [2.75, 3.05) is 23.4 Å². The Morgan fingerprint density at radius 3 is 2.46 bits per heavy atom. The molecule has 0 saturated heterocycles. The molecule has 24 heavy (non-hydrogen) atoms. The number of carbonyl (C=O) groups excluding carboxylic acids is 1. The number of benzene rings is 2. The summed E-state index contributed by atoms with van der Waals surface area (Å²) < 4.78 is 30.1. The summed E-state index contributed by atoms with van der Waals surface area (Å²) in [6.45, 7) is 0. The monoisotopic (exact) mass is 388 g/mol. The third-order valence-electron chi connectivity index (χ3n) is 2.93. The van der Waals surface area contributed by atoms with Gasteiger partial charge in [0.15, 0.2) is 0 Å². The lowest BCUT2D eigenvalue weighted by molar-refractivity contribution is 0.102. The van der Waals surface area contributed by atoms with Crippen LogP contribution >= 0.6 is 23.2 Å². The summed E-state index contributed by atoms with van der Waals surface area (Å²) in [5, 5.41) is 3.30. The Balaban J connectivity index is 2.27. The fourth-order valence-electron chi connectivity index (χ4n) is 1.92. The minimum Gasteiger partial charge on any atom is -0.494 e. The van der Waals surface area contributed by atoms with Crippen LogP contribution < -0.4 is 14.8 Å². The molecule has 2 rings (SSSR count). The first kappa shape index (κ1) is 18.4. The average Bonchev–Trinajstić information content (AvgIpc) is 2.49. The Morgan fingerprint density at radius 2 is 1.83 bits per heavy atom.